The maximum Gasteiger partial charge on any atom is 0.0946 e. The van der Waals surface area contributed by atoms with E-state index < -0.39 is 0 Å². The normalized spacial score (nSPS) is 24.0. The van der Waals surface area contributed by atoms with E-state index in [1.807, 2.05) is 12.5 Å². The first kappa shape index (κ1) is 18.5. The molecule has 0 N–H and O–H groups in total. The van der Waals surface area contributed by atoms with Crippen molar-refractivity contribution >= 4 is 0 Å². The average molecular weight is 321 g/mol. The van der Waals surface area contributed by atoms with Crippen molar-refractivity contribution in [3.8, 4) is 0 Å². The molecule has 132 valence electrons. The molecule has 0 saturated heterocycles. The van der Waals surface area contributed by atoms with E-state index in [1.54, 1.807) is 0 Å². The summed E-state index contributed by atoms with van der Waals surface area (Å²) in [6.07, 6.45) is 18.1. The molecule has 0 amide bonds. The lowest BCUT2D eigenvalue weighted by Gasteiger charge is -2.40. The van der Waals surface area contributed by atoms with Crippen molar-refractivity contribution in [2.45, 2.75) is 91.2 Å². The number of ether oxygens (including phenoxy) is 1. The minimum Gasteiger partial charge on any atom is -0.378 e. The molecule has 23 heavy (non-hydrogen) atoms. The monoisotopic (exact) mass is 320 g/mol. The molecule has 0 bridgehead atoms. The summed E-state index contributed by atoms with van der Waals surface area (Å²) in [6.45, 7) is 9.06. The SMILES string of the molecule is CCCCCCCCO[C@H]1CCC(C)(C)C[C@H]1Cn1ccnc1. The Morgan fingerprint density at radius 1 is 1.17 bits per heavy atom. The Hall–Kier alpha value is -0.830. The first-order valence-electron chi connectivity index (χ1n) is 9.68. The molecule has 1 saturated carbocycles. The van der Waals surface area contributed by atoms with Gasteiger partial charge in [0, 0.05) is 31.5 Å². The summed E-state index contributed by atoms with van der Waals surface area (Å²) in [5.74, 6) is 0.619. The van der Waals surface area contributed by atoms with Gasteiger partial charge in [-0.25, -0.2) is 4.98 Å². The second kappa shape index (κ2) is 9.46. The van der Waals surface area contributed by atoms with Crippen LogP contribution in [-0.2, 0) is 11.3 Å². The Balaban J connectivity index is 1.74. The van der Waals surface area contributed by atoms with Crippen LogP contribution in [0.25, 0.3) is 0 Å². The van der Waals surface area contributed by atoms with E-state index in [1.165, 1.54) is 57.8 Å². The molecule has 3 nitrogen and oxygen atoms in total. The molecule has 1 aliphatic rings. The Morgan fingerprint density at radius 2 is 1.96 bits per heavy atom. The third kappa shape index (κ3) is 6.66. The third-order valence-corrected chi connectivity index (χ3v) is 5.28. The highest BCUT2D eigenvalue weighted by Crippen LogP contribution is 2.40. The van der Waals surface area contributed by atoms with Crippen molar-refractivity contribution in [3.05, 3.63) is 18.7 Å². The van der Waals surface area contributed by atoms with E-state index in [0.29, 0.717) is 17.4 Å². The summed E-state index contributed by atoms with van der Waals surface area (Å²) in [7, 11) is 0. The summed E-state index contributed by atoms with van der Waals surface area (Å²) in [4.78, 5) is 4.18. The molecular formula is C20H36N2O. The van der Waals surface area contributed by atoms with Gasteiger partial charge in [-0.15, -0.1) is 0 Å². The van der Waals surface area contributed by atoms with Gasteiger partial charge in [0.2, 0.25) is 0 Å². The van der Waals surface area contributed by atoms with Crippen LogP contribution in [0.1, 0.15) is 78.6 Å². The molecule has 0 unspecified atom stereocenters. The second-order valence-corrected chi connectivity index (χ2v) is 8.10. The Kier molecular flexibility index (Phi) is 7.61. The van der Waals surface area contributed by atoms with Crippen LogP contribution in [0.2, 0.25) is 0 Å². The Morgan fingerprint density at radius 3 is 2.70 bits per heavy atom. The van der Waals surface area contributed by atoms with Crippen LogP contribution >= 0.6 is 0 Å². The van der Waals surface area contributed by atoms with Crippen LogP contribution < -0.4 is 0 Å². The minimum atomic E-state index is 0.432. The maximum absolute atomic E-state index is 6.31. The lowest BCUT2D eigenvalue weighted by Crippen LogP contribution is -2.37. The van der Waals surface area contributed by atoms with Gasteiger partial charge in [0.05, 0.1) is 12.4 Å². The molecule has 0 aliphatic heterocycles. The fourth-order valence-electron chi connectivity index (χ4n) is 3.90. The molecule has 3 heteroatoms. The van der Waals surface area contributed by atoms with Crippen LogP contribution in [-0.4, -0.2) is 22.3 Å². The number of rotatable bonds is 10. The number of nitrogens with zero attached hydrogens (tertiary/aromatic N) is 2. The van der Waals surface area contributed by atoms with Gasteiger partial charge in [0.1, 0.15) is 0 Å². The number of hydrogen-bond acceptors (Lipinski definition) is 2. The second-order valence-electron chi connectivity index (χ2n) is 8.10. The molecular weight excluding hydrogens is 284 g/mol. The van der Waals surface area contributed by atoms with Crippen molar-refractivity contribution in [1.82, 2.24) is 9.55 Å². The van der Waals surface area contributed by atoms with Crippen LogP contribution in [0.3, 0.4) is 0 Å². The van der Waals surface area contributed by atoms with Gasteiger partial charge in [-0.1, -0.05) is 52.9 Å². The van der Waals surface area contributed by atoms with Gasteiger partial charge in [-0.3, -0.25) is 0 Å². The highest BCUT2D eigenvalue weighted by Gasteiger charge is 2.35. The summed E-state index contributed by atoms with van der Waals surface area (Å²) in [6, 6.07) is 0. The quantitative estimate of drug-likeness (QED) is 0.536. The highest BCUT2D eigenvalue weighted by atomic mass is 16.5. The fraction of sp³-hybridized carbons (Fsp3) is 0.850. The van der Waals surface area contributed by atoms with Crippen LogP contribution in [0, 0.1) is 11.3 Å². The number of imidazole rings is 1. The van der Waals surface area contributed by atoms with Crippen LogP contribution in [0.5, 0.6) is 0 Å². The van der Waals surface area contributed by atoms with E-state index in [-0.39, 0.29) is 0 Å². The number of hydrogen-bond donors (Lipinski definition) is 0. The standard InChI is InChI=1S/C20H36N2O/c1-4-5-6-7-8-9-14-23-19-10-11-20(2,3)15-18(19)16-22-13-12-21-17-22/h12-13,17-19H,4-11,14-16H2,1-3H3/t18-,19-/m0/s1. The first-order valence-corrected chi connectivity index (χ1v) is 9.68. The van der Waals surface area contributed by atoms with E-state index in [2.05, 4.69) is 36.5 Å². The molecule has 1 aromatic rings. The van der Waals surface area contributed by atoms with Crippen molar-refractivity contribution in [2.75, 3.05) is 6.61 Å². The van der Waals surface area contributed by atoms with Crippen molar-refractivity contribution in [3.63, 3.8) is 0 Å². The van der Waals surface area contributed by atoms with E-state index in [4.69, 9.17) is 4.74 Å². The zero-order valence-corrected chi connectivity index (χ0v) is 15.5. The molecule has 0 radical (unpaired) electrons. The average Bonchev–Trinajstić information content (AvgIpc) is 3.01. The zero-order valence-electron chi connectivity index (χ0n) is 15.5. The topological polar surface area (TPSA) is 27.1 Å². The van der Waals surface area contributed by atoms with Crippen molar-refractivity contribution < 1.29 is 4.74 Å². The third-order valence-electron chi connectivity index (χ3n) is 5.28. The van der Waals surface area contributed by atoms with Crippen molar-refractivity contribution in [1.29, 1.82) is 0 Å². The smallest absolute Gasteiger partial charge is 0.0946 e. The molecule has 1 aromatic heterocycles. The first-order chi connectivity index (χ1) is 11.1. The minimum absolute atomic E-state index is 0.432. The lowest BCUT2D eigenvalue weighted by molar-refractivity contribution is -0.0445. The predicted octanol–water partition coefficient (Wildman–Crippen LogP) is 5.46. The molecule has 2 rings (SSSR count). The Bertz CT molecular complexity index is 413. The summed E-state index contributed by atoms with van der Waals surface area (Å²) >= 11 is 0. The van der Waals surface area contributed by atoms with E-state index in [9.17, 15) is 0 Å². The fourth-order valence-corrected chi connectivity index (χ4v) is 3.90. The predicted molar refractivity (Wildman–Crippen MR) is 96.5 cm³/mol. The van der Waals surface area contributed by atoms with Gasteiger partial charge in [0.15, 0.2) is 0 Å². The number of aromatic nitrogens is 2. The van der Waals surface area contributed by atoms with E-state index >= 15 is 0 Å². The molecule has 0 aromatic carbocycles. The molecule has 1 aliphatic carbocycles. The lowest BCUT2D eigenvalue weighted by atomic mass is 9.70. The van der Waals surface area contributed by atoms with Crippen LogP contribution in [0.4, 0.5) is 0 Å². The molecule has 1 heterocycles. The summed E-state index contributed by atoms with van der Waals surface area (Å²) in [5, 5.41) is 0. The Labute approximate surface area is 142 Å². The molecule has 2 atom stereocenters. The van der Waals surface area contributed by atoms with Crippen LogP contribution in [0.15, 0.2) is 18.7 Å². The van der Waals surface area contributed by atoms with Gasteiger partial charge in [-0.2, -0.15) is 0 Å². The number of unbranched alkanes of at least 4 members (excludes halogenated alkanes) is 5. The van der Waals surface area contributed by atoms with Gasteiger partial charge >= 0.3 is 0 Å². The maximum atomic E-state index is 6.31. The molecule has 1 fully saturated rings. The van der Waals surface area contributed by atoms with Gasteiger partial charge in [0.25, 0.3) is 0 Å². The zero-order chi connectivity index (χ0) is 16.5. The van der Waals surface area contributed by atoms with Gasteiger partial charge < -0.3 is 9.30 Å². The summed E-state index contributed by atoms with van der Waals surface area (Å²) < 4.78 is 8.53. The molecule has 0 spiro atoms. The summed E-state index contributed by atoms with van der Waals surface area (Å²) in [5.41, 5.74) is 0.450. The van der Waals surface area contributed by atoms with Gasteiger partial charge in [-0.05, 0) is 31.1 Å². The largest absolute Gasteiger partial charge is 0.378 e. The van der Waals surface area contributed by atoms with Crippen molar-refractivity contribution in [2.24, 2.45) is 11.3 Å². The highest BCUT2D eigenvalue weighted by molar-refractivity contribution is 4.87. The van der Waals surface area contributed by atoms with E-state index in [0.717, 1.165) is 13.2 Å².